The molecule has 4 N–H and O–H groups in total. The second-order valence-electron chi connectivity index (χ2n) is 10.7. The third-order valence-electron chi connectivity index (χ3n) is 7.80. The molecular weight excluding hydrogens is 494 g/mol. The van der Waals surface area contributed by atoms with Gasteiger partial charge in [-0.05, 0) is 32.1 Å². The Balaban J connectivity index is 1.35. The maximum absolute atomic E-state index is 13.2. The molecule has 4 rings (SSSR count). The summed E-state index contributed by atoms with van der Waals surface area (Å²) in [6.45, 7) is 1.85. The van der Waals surface area contributed by atoms with Crippen molar-refractivity contribution in [2.75, 3.05) is 12.3 Å². The number of unbranched alkanes of at least 4 members (excludes halogenated alkanes) is 1. The van der Waals surface area contributed by atoms with E-state index in [0.29, 0.717) is 24.5 Å². The van der Waals surface area contributed by atoms with Crippen molar-refractivity contribution in [2.24, 2.45) is 5.92 Å². The number of carbonyl (C=O) groups is 5. The molecule has 0 spiro atoms. The zero-order valence-electron chi connectivity index (χ0n) is 21.6. The SMILES string of the molecule is CCCC(CN1C(=O)C=CC1=O)(NC(=O)CCCC[C@@H]1SC[C@@H]2NC(=O)N[C@@H]21)NC(=O)C1CCCCC1. The number of nitrogens with one attached hydrogen (secondary N) is 4. The third kappa shape index (κ3) is 6.86. The Morgan fingerprint density at radius 3 is 2.49 bits per heavy atom. The Morgan fingerprint density at radius 2 is 1.78 bits per heavy atom. The van der Waals surface area contributed by atoms with Gasteiger partial charge in [-0.2, -0.15) is 11.8 Å². The molecule has 6 amide bonds. The second kappa shape index (κ2) is 12.3. The van der Waals surface area contributed by atoms with Gasteiger partial charge >= 0.3 is 6.03 Å². The van der Waals surface area contributed by atoms with Gasteiger partial charge in [0.05, 0.1) is 18.6 Å². The van der Waals surface area contributed by atoms with Crippen LogP contribution in [0, 0.1) is 5.92 Å². The van der Waals surface area contributed by atoms with Gasteiger partial charge in [0.15, 0.2) is 0 Å². The summed E-state index contributed by atoms with van der Waals surface area (Å²) >= 11 is 1.85. The Labute approximate surface area is 222 Å². The number of hydrogen-bond acceptors (Lipinski definition) is 6. The number of nitrogens with zero attached hydrogens (tertiary/aromatic N) is 1. The molecule has 1 saturated carbocycles. The van der Waals surface area contributed by atoms with E-state index in [9.17, 15) is 24.0 Å². The number of urea groups is 1. The molecule has 1 aliphatic carbocycles. The first-order valence-electron chi connectivity index (χ1n) is 13.7. The lowest BCUT2D eigenvalue weighted by Crippen LogP contribution is -2.67. The second-order valence-corrected chi connectivity index (χ2v) is 11.9. The van der Waals surface area contributed by atoms with E-state index in [2.05, 4.69) is 21.3 Å². The largest absolute Gasteiger partial charge is 0.332 e. The van der Waals surface area contributed by atoms with Gasteiger partial charge in [0.2, 0.25) is 11.8 Å². The Kier molecular flexibility index (Phi) is 9.15. The minimum absolute atomic E-state index is 0.0931. The quantitative estimate of drug-likeness (QED) is 0.131. The van der Waals surface area contributed by atoms with E-state index in [4.69, 9.17) is 0 Å². The van der Waals surface area contributed by atoms with Crippen molar-refractivity contribution in [3.05, 3.63) is 12.2 Å². The Hall–Kier alpha value is -2.56. The number of amides is 6. The summed E-state index contributed by atoms with van der Waals surface area (Å²) in [5.74, 6) is -0.432. The average Bonchev–Trinajstić information content (AvgIpc) is 3.52. The summed E-state index contributed by atoms with van der Waals surface area (Å²) in [6.07, 6.45) is 10.9. The number of thioether (sulfide) groups is 1. The Bertz CT molecular complexity index is 918. The predicted molar refractivity (Wildman–Crippen MR) is 140 cm³/mol. The molecule has 3 heterocycles. The first-order valence-corrected chi connectivity index (χ1v) is 14.7. The lowest BCUT2D eigenvalue weighted by Gasteiger charge is -2.39. The van der Waals surface area contributed by atoms with Crippen molar-refractivity contribution in [1.29, 1.82) is 0 Å². The summed E-state index contributed by atoms with van der Waals surface area (Å²) in [6, 6.07) is 0.216. The highest BCUT2D eigenvalue weighted by atomic mass is 32.2. The highest BCUT2D eigenvalue weighted by Gasteiger charge is 2.43. The first-order chi connectivity index (χ1) is 17.8. The standard InChI is InChI=1S/C26H39N5O5S/c1-2-14-26(16-31-21(33)12-13-22(31)34,30-24(35)17-8-4-3-5-9-17)29-20(32)11-7-6-10-19-23-18(15-37-19)27-25(36)28-23/h12-13,17-19,23H,2-11,14-16H2,1H3,(H,29,32)(H,30,35)(H2,27,28,36)/t18-,19-,23-,26?/m0/s1. The van der Waals surface area contributed by atoms with Crippen LogP contribution in [-0.2, 0) is 19.2 Å². The monoisotopic (exact) mass is 533 g/mol. The molecule has 3 aliphatic heterocycles. The van der Waals surface area contributed by atoms with Crippen LogP contribution in [0.15, 0.2) is 12.2 Å². The van der Waals surface area contributed by atoms with Gasteiger partial charge in [-0.25, -0.2) is 4.79 Å². The van der Waals surface area contributed by atoms with Crippen LogP contribution < -0.4 is 21.3 Å². The van der Waals surface area contributed by atoms with Gasteiger partial charge in [-0.15, -0.1) is 0 Å². The first kappa shape index (κ1) is 27.5. The molecule has 0 aromatic heterocycles. The summed E-state index contributed by atoms with van der Waals surface area (Å²) in [5.41, 5.74) is -1.20. The molecule has 0 bridgehead atoms. The van der Waals surface area contributed by atoms with Gasteiger partial charge in [-0.3, -0.25) is 24.1 Å². The van der Waals surface area contributed by atoms with Crippen molar-refractivity contribution >= 4 is 41.4 Å². The van der Waals surface area contributed by atoms with E-state index >= 15 is 0 Å². The van der Waals surface area contributed by atoms with Gasteiger partial charge in [-0.1, -0.05) is 39.0 Å². The van der Waals surface area contributed by atoms with E-state index in [-0.39, 0.29) is 48.8 Å². The van der Waals surface area contributed by atoms with Crippen LogP contribution in [0.2, 0.25) is 0 Å². The van der Waals surface area contributed by atoms with Crippen LogP contribution >= 0.6 is 11.8 Å². The molecule has 10 nitrogen and oxygen atoms in total. The van der Waals surface area contributed by atoms with Gasteiger partial charge in [0.25, 0.3) is 11.8 Å². The van der Waals surface area contributed by atoms with Crippen LogP contribution in [-0.4, -0.2) is 69.9 Å². The van der Waals surface area contributed by atoms with Gasteiger partial charge in [0, 0.05) is 35.5 Å². The summed E-state index contributed by atoms with van der Waals surface area (Å²) in [4.78, 5) is 63.7. The van der Waals surface area contributed by atoms with Crippen LogP contribution in [0.1, 0.15) is 77.6 Å². The van der Waals surface area contributed by atoms with Gasteiger partial charge in [0.1, 0.15) is 5.66 Å². The van der Waals surface area contributed by atoms with Crippen molar-refractivity contribution in [3.63, 3.8) is 0 Å². The van der Waals surface area contributed by atoms with Crippen molar-refractivity contribution in [3.8, 4) is 0 Å². The van der Waals surface area contributed by atoms with E-state index < -0.39 is 17.5 Å². The molecular formula is C26H39N5O5S. The van der Waals surface area contributed by atoms with Crippen molar-refractivity contribution in [1.82, 2.24) is 26.2 Å². The number of fused-ring (bicyclic) bond motifs is 1. The predicted octanol–water partition coefficient (Wildman–Crippen LogP) is 1.95. The van der Waals surface area contributed by atoms with E-state index in [0.717, 1.165) is 55.6 Å². The highest BCUT2D eigenvalue weighted by molar-refractivity contribution is 8.00. The summed E-state index contributed by atoms with van der Waals surface area (Å²) < 4.78 is 0. The summed E-state index contributed by atoms with van der Waals surface area (Å²) in [5, 5.41) is 12.4. The zero-order chi connectivity index (χ0) is 26.4. The highest BCUT2D eigenvalue weighted by Crippen LogP contribution is 2.33. The van der Waals surface area contributed by atoms with Crippen LogP contribution in [0.5, 0.6) is 0 Å². The van der Waals surface area contributed by atoms with Gasteiger partial charge < -0.3 is 21.3 Å². The van der Waals surface area contributed by atoms with Crippen LogP contribution in [0.4, 0.5) is 4.79 Å². The van der Waals surface area contributed by atoms with E-state index in [1.165, 1.54) is 12.2 Å². The molecule has 11 heteroatoms. The number of carbonyl (C=O) groups excluding carboxylic acids is 5. The molecule has 37 heavy (non-hydrogen) atoms. The molecule has 0 aromatic carbocycles. The van der Waals surface area contributed by atoms with E-state index in [1.54, 1.807) is 0 Å². The Morgan fingerprint density at radius 1 is 1.05 bits per heavy atom. The fourth-order valence-corrected chi connectivity index (χ4v) is 7.45. The number of rotatable bonds is 12. The molecule has 1 unspecified atom stereocenters. The maximum Gasteiger partial charge on any atom is 0.315 e. The topological polar surface area (TPSA) is 137 Å². The minimum Gasteiger partial charge on any atom is -0.332 e. The molecule has 204 valence electrons. The molecule has 0 aromatic rings. The average molecular weight is 534 g/mol. The molecule has 2 saturated heterocycles. The molecule has 3 fully saturated rings. The maximum atomic E-state index is 13.2. The van der Waals surface area contributed by atoms with Crippen molar-refractivity contribution in [2.45, 2.75) is 101 Å². The zero-order valence-corrected chi connectivity index (χ0v) is 22.4. The number of imide groups is 1. The lowest BCUT2D eigenvalue weighted by molar-refractivity contribution is -0.142. The normalized spacial score (nSPS) is 27.0. The molecule has 0 radical (unpaired) electrons. The summed E-state index contributed by atoms with van der Waals surface area (Å²) in [7, 11) is 0. The van der Waals surface area contributed by atoms with Crippen LogP contribution in [0.25, 0.3) is 0 Å². The number of hydrogen-bond donors (Lipinski definition) is 4. The smallest absolute Gasteiger partial charge is 0.315 e. The fourth-order valence-electron chi connectivity index (χ4n) is 5.90. The van der Waals surface area contributed by atoms with Crippen LogP contribution in [0.3, 0.4) is 0 Å². The lowest BCUT2D eigenvalue weighted by atomic mass is 9.88. The third-order valence-corrected chi connectivity index (χ3v) is 9.31. The van der Waals surface area contributed by atoms with E-state index in [1.807, 2.05) is 18.7 Å². The van der Waals surface area contributed by atoms with Crippen molar-refractivity contribution < 1.29 is 24.0 Å². The minimum atomic E-state index is -1.20. The fraction of sp³-hybridized carbons (Fsp3) is 0.731. The molecule has 4 aliphatic rings. The molecule has 4 atom stereocenters.